The topological polar surface area (TPSA) is 68.2 Å². The lowest BCUT2D eigenvalue weighted by Crippen LogP contribution is -2.32. The third-order valence-corrected chi connectivity index (χ3v) is 6.28. The summed E-state index contributed by atoms with van der Waals surface area (Å²) in [4.78, 5) is 12.5. The van der Waals surface area contributed by atoms with E-state index in [0.717, 1.165) is 29.0 Å². The molecule has 2 aromatic heterocycles. The first kappa shape index (κ1) is 16.9. The number of sulfonamides is 1. The van der Waals surface area contributed by atoms with E-state index in [1.807, 2.05) is 26.8 Å². The van der Waals surface area contributed by atoms with E-state index in [9.17, 15) is 13.2 Å². The van der Waals surface area contributed by atoms with E-state index in [4.69, 9.17) is 0 Å². The smallest absolute Gasteiger partial charge is 0.255 e. The average Bonchev–Trinajstić information content (AvgIpc) is 2.98. The molecule has 0 radical (unpaired) electrons. The highest BCUT2D eigenvalue weighted by molar-refractivity contribution is 7.91. The van der Waals surface area contributed by atoms with Crippen molar-refractivity contribution >= 4 is 21.4 Å². The van der Waals surface area contributed by atoms with Crippen molar-refractivity contribution in [3.63, 3.8) is 0 Å². The van der Waals surface area contributed by atoms with E-state index in [2.05, 4.69) is 4.72 Å². The molecule has 2 heterocycles. The largest absolute Gasteiger partial charge is 0.313 e. The minimum absolute atomic E-state index is 0.00882. The highest BCUT2D eigenvalue weighted by atomic mass is 32.2. The van der Waals surface area contributed by atoms with Crippen molar-refractivity contribution in [2.24, 2.45) is 0 Å². The molecule has 2 rings (SSSR count). The highest BCUT2D eigenvalue weighted by Gasteiger charge is 2.17. The molecule has 0 unspecified atom stereocenters. The van der Waals surface area contributed by atoms with Crippen LogP contribution in [0, 0.1) is 13.8 Å². The van der Waals surface area contributed by atoms with E-state index < -0.39 is 10.0 Å². The Morgan fingerprint density at radius 2 is 2.05 bits per heavy atom. The second-order valence-electron chi connectivity index (χ2n) is 5.16. The molecular formula is C15H20N2O3S2. The monoisotopic (exact) mass is 340 g/mol. The lowest BCUT2D eigenvalue weighted by Gasteiger charge is -2.14. The Morgan fingerprint density at radius 1 is 1.32 bits per heavy atom. The van der Waals surface area contributed by atoms with Crippen molar-refractivity contribution in [2.45, 2.75) is 44.5 Å². The van der Waals surface area contributed by atoms with Crippen LogP contribution in [0.25, 0.3) is 0 Å². The van der Waals surface area contributed by atoms with Crippen molar-refractivity contribution < 1.29 is 8.42 Å². The number of aromatic nitrogens is 1. The second-order valence-corrected chi connectivity index (χ2v) is 8.10. The summed E-state index contributed by atoms with van der Waals surface area (Å²) in [5.41, 5.74) is 2.09. The molecule has 0 aliphatic rings. The zero-order valence-corrected chi connectivity index (χ0v) is 14.6. The molecule has 0 atom stereocenters. The lowest BCUT2D eigenvalue weighted by atomic mass is 10.1. The molecule has 0 spiro atoms. The number of rotatable bonds is 6. The van der Waals surface area contributed by atoms with Crippen molar-refractivity contribution in [3.8, 4) is 0 Å². The standard InChI is InChI=1S/C15H20N2O3S2/c1-4-7-17-12(3)9-11(2)13(15(17)18)10-16-22(19,20)14-6-5-8-21-14/h5-6,8-9,16H,4,7,10H2,1-3H3. The zero-order chi connectivity index (χ0) is 16.3. The summed E-state index contributed by atoms with van der Waals surface area (Å²) in [6.07, 6.45) is 0.851. The van der Waals surface area contributed by atoms with E-state index in [-0.39, 0.29) is 16.3 Å². The van der Waals surface area contributed by atoms with Crippen molar-refractivity contribution in [2.75, 3.05) is 0 Å². The van der Waals surface area contributed by atoms with Gasteiger partial charge in [-0.25, -0.2) is 13.1 Å². The molecule has 22 heavy (non-hydrogen) atoms. The number of thiophene rings is 1. The van der Waals surface area contributed by atoms with Gasteiger partial charge in [-0.1, -0.05) is 13.0 Å². The SMILES string of the molecule is CCCn1c(C)cc(C)c(CNS(=O)(=O)c2cccs2)c1=O. The highest BCUT2D eigenvalue weighted by Crippen LogP contribution is 2.16. The van der Waals surface area contributed by atoms with Crippen LogP contribution in [0.1, 0.15) is 30.2 Å². The molecule has 0 aliphatic heterocycles. The quantitative estimate of drug-likeness (QED) is 0.878. The number of aryl methyl sites for hydroxylation is 2. The van der Waals surface area contributed by atoms with Crippen molar-refractivity contribution in [1.82, 2.24) is 9.29 Å². The van der Waals surface area contributed by atoms with Crippen LogP contribution in [0.4, 0.5) is 0 Å². The molecule has 5 nitrogen and oxygen atoms in total. The van der Waals surface area contributed by atoms with Crippen LogP contribution in [0.5, 0.6) is 0 Å². The fourth-order valence-corrected chi connectivity index (χ4v) is 4.37. The van der Waals surface area contributed by atoms with Gasteiger partial charge in [-0.2, -0.15) is 0 Å². The number of nitrogens with one attached hydrogen (secondary N) is 1. The number of hydrogen-bond donors (Lipinski definition) is 1. The molecule has 0 bridgehead atoms. The molecule has 0 saturated heterocycles. The third kappa shape index (κ3) is 3.48. The molecule has 0 saturated carbocycles. The molecule has 1 N–H and O–H groups in total. The molecule has 0 aromatic carbocycles. The Hall–Kier alpha value is -1.44. The third-order valence-electron chi connectivity index (χ3n) is 3.48. The van der Waals surface area contributed by atoms with Gasteiger partial charge in [-0.15, -0.1) is 11.3 Å². The summed E-state index contributed by atoms with van der Waals surface area (Å²) in [5.74, 6) is 0. The Kier molecular flexibility index (Phi) is 5.20. The molecule has 2 aromatic rings. The fraction of sp³-hybridized carbons (Fsp3) is 0.400. The van der Waals surface area contributed by atoms with Gasteiger partial charge in [-0.3, -0.25) is 4.79 Å². The molecular weight excluding hydrogens is 320 g/mol. The molecule has 0 aliphatic carbocycles. The van der Waals surface area contributed by atoms with Crippen LogP contribution < -0.4 is 10.3 Å². The zero-order valence-electron chi connectivity index (χ0n) is 12.9. The Bertz CT molecular complexity index is 806. The Morgan fingerprint density at radius 3 is 2.64 bits per heavy atom. The van der Waals surface area contributed by atoms with Gasteiger partial charge in [0, 0.05) is 24.3 Å². The van der Waals surface area contributed by atoms with Gasteiger partial charge in [0.1, 0.15) is 4.21 Å². The van der Waals surface area contributed by atoms with Gasteiger partial charge in [0.15, 0.2) is 0 Å². The summed E-state index contributed by atoms with van der Waals surface area (Å²) in [6.45, 7) is 6.37. The van der Waals surface area contributed by atoms with Crippen LogP contribution in [0.2, 0.25) is 0 Å². The predicted octanol–water partition coefficient (Wildman–Crippen LogP) is 2.42. The number of pyridine rings is 1. The molecule has 120 valence electrons. The van der Waals surface area contributed by atoms with Crippen LogP contribution in [0.15, 0.2) is 32.6 Å². The van der Waals surface area contributed by atoms with Gasteiger partial charge in [0.25, 0.3) is 5.56 Å². The van der Waals surface area contributed by atoms with Gasteiger partial charge in [0.2, 0.25) is 10.0 Å². The Balaban J connectivity index is 2.31. The lowest BCUT2D eigenvalue weighted by molar-refractivity contribution is 0.580. The van der Waals surface area contributed by atoms with Crippen LogP contribution in [-0.4, -0.2) is 13.0 Å². The molecule has 7 heteroatoms. The first-order valence-electron chi connectivity index (χ1n) is 7.10. The van der Waals surface area contributed by atoms with Crippen LogP contribution in [0.3, 0.4) is 0 Å². The minimum Gasteiger partial charge on any atom is -0.313 e. The first-order valence-corrected chi connectivity index (χ1v) is 9.46. The van der Waals surface area contributed by atoms with Crippen LogP contribution in [-0.2, 0) is 23.1 Å². The van der Waals surface area contributed by atoms with Crippen LogP contribution >= 0.6 is 11.3 Å². The molecule has 0 amide bonds. The normalized spacial score (nSPS) is 11.8. The van der Waals surface area contributed by atoms with Crippen molar-refractivity contribution in [1.29, 1.82) is 0 Å². The van der Waals surface area contributed by atoms with E-state index in [1.165, 1.54) is 0 Å². The first-order chi connectivity index (χ1) is 10.4. The maximum atomic E-state index is 12.5. The van der Waals surface area contributed by atoms with E-state index >= 15 is 0 Å². The summed E-state index contributed by atoms with van der Waals surface area (Å²) < 4.78 is 28.8. The van der Waals surface area contributed by atoms with Gasteiger partial charge in [-0.05, 0) is 43.3 Å². The van der Waals surface area contributed by atoms with E-state index in [1.54, 1.807) is 22.1 Å². The number of nitrogens with zero attached hydrogens (tertiary/aromatic N) is 1. The Labute approximate surface area is 134 Å². The average molecular weight is 340 g/mol. The molecule has 0 fully saturated rings. The van der Waals surface area contributed by atoms with Crippen molar-refractivity contribution in [3.05, 3.63) is 50.8 Å². The predicted molar refractivity (Wildman–Crippen MR) is 88.8 cm³/mol. The maximum Gasteiger partial charge on any atom is 0.255 e. The minimum atomic E-state index is -3.56. The summed E-state index contributed by atoms with van der Waals surface area (Å²) in [5, 5.41) is 1.71. The van der Waals surface area contributed by atoms with Gasteiger partial charge < -0.3 is 4.57 Å². The fourth-order valence-electron chi connectivity index (χ4n) is 2.34. The van der Waals surface area contributed by atoms with Gasteiger partial charge in [0.05, 0.1) is 0 Å². The summed E-state index contributed by atoms with van der Waals surface area (Å²) in [7, 11) is -3.56. The summed E-state index contributed by atoms with van der Waals surface area (Å²) in [6, 6.07) is 5.15. The number of hydrogen-bond acceptors (Lipinski definition) is 4. The van der Waals surface area contributed by atoms with Gasteiger partial charge >= 0.3 is 0 Å². The summed E-state index contributed by atoms with van der Waals surface area (Å²) >= 11 is 1.15. The second kappa shape index (κ2) is 6.76. The van der Waals surface area contributed by atoms with E-state index in [0.29, 0.717) is 12.1 Å². The maximum absolute atomic E-state index is 12.5.